The molecule has 0 unspecified atom stereocenters. The van der Waals surface area contributed by atoms with Crippen molar-refractivity contribution in [3.05, 3.63) is 0 Å². The molecular formula is C7H16O3S. The average molecular weight is 180 g/mol. The first-order chi connectivity index (χ1) is 4.75. The predicted octanol–water partition coefficient (Wildman–Crippen LogP) is 1.40. The highest BCUT2D eigenvalue weighted by Crippen LogP contribution is 2.26. The molecule has 0 aromatic rings. The van der Waals surface area contributed by atoms with E-state index < -0.39 is 14.9 Å². The van der Waals surface area contributed by atoms with Crippen LogP contribution in [0.15, 0.2) is 0 Å². The van der Waals surface area contributed by atoms with E-state index in [4.69, 9.17) is 0 Å². The molecule has 4 heteroatoms. The summed E-state index contributed by atoms with van der Waals surface area (Å²) in [7, 11) is -2.20. The van der Waals surface area contributed by atoms with Crippen molar-refractivity contribution >= 4 is 10.1 Å². The molecule has 68 valence electrons. The molecular weight excluding hydrogens is 164 g/mol. The Kier molecular flexibility index (Phi) is 3.08. The Morgan fingerprint density at radius 2 is 1.64 bits per heavy atom. The average Bonchev–Trinajstić information content (AvgIpc) is 1.87. The van der Waals surface area contributed by atoms with Gasteiger partial charge in [-0.3, -0.25) is 4.18 Å². The van der Waals surface area contributed by atoms with Gasteiger partial charge in [-0.1, -0.05) is 13.8 Å². The van der Waals surface area contributed by atoms with Crippen LogP contribution in [0, 0.1) is 5.92 Å². The highest BCUT2D eigenvalue weighted by atomic mass is 32.2. The van der Waals surface area contributed by atoms with Crippen LogP contribution in [0.2, 0.25) is 0 Å². The van der Waals surface area contributed by atoms with Crippen molar-refractivity contribution in [1.82, 2.24) is 0 Å². The van der Waals surface area contributed by atoms with Crippen LogP contribution in [-0.2, 0) is 14.3 Å². The summed E-state index contributed by atoms with van der Waals surface area (Å²) < 4.78 is 26.1. The Labute approximate surface area is 68.9 Å². The van der Waals surface area contributed by atoms with Gasteiger partial charge < -0.3 is 0 Å². The Morgan fingerprint density at radius 1 is 1.27 bits per heavy atom. The molecule has 0 aromatic carbocycles. The molecule has 0 saturated carbocycles. The van der Waals surface area contributed by atoms with Gasteiger partial charge in [0.25, 0.3) is 10.1 Å². The van der Waals surface area contributed by atoms with Gasteiger partial charge in [-0.15, -0.1) is 0 Å². The first-order valence-corrected chi connectivity index (χ1v) is 4.96. The van der Waals surface area contributed by atoms with E-state index >= 15 is 0 Å². The highest BCUT2D eigenvalue weighted by Gasteiger charge is 2.37. The summed E-state index contributed by atoms with van der Waals surface area (Å²) >= 11 is 0. The molecule has 0 N–H and O–H groups in total. The van der Waals surface area contributed by atoms with Crippen molar-refractivity contribution in [2.45, 2.75) is 32.4 Å². The molecule has 0 bridgehead atoms. The summed E-state index contributed by atoms with van der Waals surface area (Å²) in [6.45, 7) is 7.04. The molecule has 0 spiro atoms. The van der Waals surface area contributed by atoms with Crippen LogP contribution in [0.25, 0.3) is 0 Å². The van der Waals surface area contributed by atoms with Crippen LogP contribution in [0.5, 0.6) is 0 Å². The zero-order valence-electron chi connectivity index (χ0n) is 7.71. The third kappa shape index (κ3) is 1.93. The minimum absolute atomic E-state index is 0.0486. The van der Waals surface area contributed by atoms with Crippen molar-refractivity contribution in [1.29, 1.82) is 0 Å². The molecule has 0 radical (unpaired) electrons. The molecule has 0 fully saturated rings. The van der Waals surface area contributed by atoms with E-state index in [0.29, 0.717) is 0 Å². The molecule has 0 rings (SSSR count). The molecule has 0 atom stereocenters. The molecule has 0 aliphatic heterocycles. The molecule has 0 amide bonds. The summed E-state index contributed by atoms with van der Waals surface area (Å²) in [5.41, 5.74) is 0. The summed E-state index contributed by atoms with van der Waals surface area (Å²) in [6, 6.07) is 0. The quantitative estimate of drug-likeness (QED) is 0.616. The van der Waals surface area contributed by atoms with Gasteiger partial charge in [0.05, 0.1) is 11.9 Å². The largest absolute Gasteiger partial charge is 0.273 e. The molecule has 3 nitrogen and oxygen atoms in total. The fourth-order valence-electron chi connectivity index (χ4n) is 0.503. The Hall–Kier alpha value is -0.0900. The standard InChI is InChI=1S/C7H16O3S/c1-6(2)7(3,4)11(8,9)10-5/h6H,1-5H3. The van der Waals surface area contributed by atoms with Crippen molar-refractivity contribution in [2.24, 2.45) is 5.92 Å². The second kappa shape index (κ2) is 3.11. The van der Waals surface area contributed by atoms with Gasteiger partial charge in [-0.05, 0) is 19.8 Å². The van der Waals surface area contributed by atoms with Crippen molar-refractivity contribution in [2.75, 3.05) is 7.11 Å². The molecule has 0 aromatic heterocycles. The van der Waals surface area contributed by atoms with Gasteiger partial charge in [0.15, 0.2) is 0 Å². The summed E-state index contributed by atoms with van der Waals surface area (Å²) in [4.78, 5) is 0. The first-order valence-electron chi connectivity index (χ1n) is 3.56. The van der Waals surface area contributed by atoms with Crippen LogP contribution in [0.3, 0.4) is 0 Å². The number of hydrogen-bond acceptors (Lipinski definition) is 3. The van der Waals surface area contributed by atoms with Crippen molar-refractivity contribution in [3.63, 3.8) is 0 Å². The number of hydrogen-bond donors (Lipinski definition) is 0. The monoisotopic (exact) mass is 180 g/mol. The summed E-state index contributed by atoms with van der Waals surface area (Å²) in [6.07, 6.45) is 0. The van der Waals surface area contributed by atoms with Crippen LogP contribution in [0.4, 0.5) is 0 Å². The predicted molar refractivity (Wildman–Crippen MR) is 44.8 cm³/mol. The van der Waals surface area contributed by atoms with Gasteiger partial charge in [0.1, 0.15) is 0 Å². The Balaban J connectivity index is 4.85. The number of rotatable bonds is 3. The summed E-state index contributed by atoms with van der Waals surface area (Å²) in [5, 5.41) is 0. The van der Waals surface area contributed by atoms with Crippen LogP contribution in [0.1, 0.15) is 27.7 Å². The lowest BCUT2D eigenvalue weighted by Crippen LogP contribution is -2.37. The molecule has 0 aliphatic carbocycles. The normalized spacial score (nSPS) is 14.0. The van der Waals surface area contributed by atoms with Gasteiger partial charge in [0.2, 0.25) is 0 Å². The lowest BCUT2D eigenvalue weighted by atomic mass is 10.00. The maximum atomic E-state index is 11.2. The minimum atomic E-state index is -3.40. The molecule has 11 heavy (non-hydrogen) atoms. The fourth-order valence-corrected chi connectivity index (χ4v) is 1.51. The van der Waals surface area contributed by atoms with Crippen molar-refractivity contribution in [3.8, 4) is 0 Å². The highest BCUT2D eigenvalue weighted by molar-refractivity contribution is 7.88. The van der Waals surface area contributed by atoms with Crippen LogP contribution >= 0.6 is 0 Å². The minimum Gasteiger partial charge on any atom is -0.273 e. The first kappa shape index (κ1) is 10.9. The lowest BCUT2D eigenvalue weighted by molar-refractivity contribution is 0.344. The van der Waals surface area contributed by atoms with Crippen molar-refractivity contribution < 1.29 is 12.6 Å². The molecule has 0 heterocycles. The van der Waals surface area contributed by atoms with Gasteiger partial charge in [-0.2, -0.15) is 8.42 Å². The van der Waals surface area contributed by atoms with E-state index in [1.807, 2.05) is 13.8 Å². The maximum absolute atomic E-state index is 11.2. The van der Waals surface area contributed by atoms with E-state index in [1.165, 1.54) is 7.11 Å². The SMILES string of the molecule is COS(=O)(=O)C(C)(C)C(C)C. The Bertz CT molecular complexity index is 214. The fraction of sp³-hybridized carbons (Fsp3) is 1.00. The van der Waals surface area contributed by atoms with E-state index in [9.17, 15) is 8.42 Å². The van der Waals surface area contributed by atoms with Gasteiger partial charge in [-0.25, -0.2) is 0 Å². The summed E-state index contributed by atoms with van der Waals surface area (Å²) in [5.74, 6) is 0.0486. The molecule has 0 saturated heterocycles. The third-order valence-electron chi connectivity index (χ3n) is 2.25. The van der Waals surface area contributed by atoms with Crippen LogP contribution in [-0.4, -0.2) is 20.3 Å². The maximum Gasteiger partial charge on any atom is 0.272 e. The van der Waals surface area contributed by atoms with E-state index in [2.05, 4.69) is 4.18 Å². The van der Waals surface area contributed by atoms with E-state index in [1.54, 1.807) is 13.8 Å². The zero-order chi connectivity index (χ0) is 9.28. The topological polar surface area (TPSA) is 43.4 Å². The van der Waals surface area contributed by atoms with E-state index in [-0.39, 0.29) is 5.92 Å². The second-order valence-electron chi connectivity index (χ2n) is 3.38. The smallest absolute Gasteiger partial charge is 0.272 e. The van der Waals surface area contributed by atoms with Crippen LogP contribution < -0.4 is 0 Å². The molecule has 0 aliphatic rings. The third-order valence-corrected chi connectivity index (χ3v) is 4.45. The second-order valence-corrected chi connectivity index (χ2v) is 5.67. The van der Waals surface area contributed by atoms with Gasteiger partial charge in [0, 0.05) is 0 Å². The zero-order valence-corrected chi connectivity index (χ0v) is 8.53. The van der Waals surface area contributed by atoms with E-state index in [0.717, 1.165) is 0 Å². The Morgan fingerprint density at radius 3 is 1.73 bits per heavy atom. The van der Waals surface area contributed by atoms with Gasteiger partial charge >= 0.3 is 0 Å². The lowest BCUT2D eigenvalue weighted by Gasteiger charge is -2.26.